The maximum atomic E-state index is 11.1. The van der Waals surface area contributed by atoms with Crippen LogP contribution in [0.1, 0.15) is 5.56 Å². The van der Waals surface area contributed by atoms with Gasteiger partial charge in [0.05, 0.1) is 14.2 Å². The van der Waals surface area contributed by atoms with E-state index in [2.05, 4.69) is 11.3 Å². The normalized spacial score (nSPS) is 9.44. The molecule has 0 atom stereocenters. The minimum Gasteiger partial charge on any atom is -0.493 e. The minimum absolute atomic E-state index is 0.107. The van der Waals surface area contributed by atoms with E-state index >= 15 is 0 Å². The van der Waals surface area contributed by atoms with Gasteiger partial charge in [-0.3, -0.25) is 0 Å². The van der Waals surface area contributed by atoms with Crippen molar-refractivity contribution >= 4 is 6.16 Å². The highest BCUT2D eigenvalue weighted by atomic mass is 16.7. The summed E-state index contributed by atoms with van der Waals surface area (Å²) in [7, 11) is 3.10. The molecule has 0 N–H and O–H groups in total. The smallest absolute Gasteiger partial charge is 0.493 e. The van der Waals surface area contributed by atoms with Crippen LogP contribution in [0.5, 0.6) is 11.5 Å². The molecule has 0 fully saturated rings. The van der Waals surface area contributed by atoms with E-state index in [9.17, 15) is 4.79 Å². The first-order valence-electron chi connectivity index (χ1n) is 5.32. The van der Waals surface area contributed by atoms with Gasteiger partial charge in [0, 0.05) is 0 Å². The van der Waals surface area contributed by atoms with E-state index in [0.717, 1.165) is 5.56 Å². The highest BCUT2D eigenvalue weighted by Gasteiger charge is 2.07. The molecule has 0 aromatic heterocycles. The number of ether oxygens (including phenoxy) is 4. The first-order chi connectivity index (χ1) is 8.71. The van der Waals surface area contributed by atoms with E-state index in [-0.39, 0.29) is 13.2 Å². The van der Waals surface area contributed by atoms with Gasteiger partial charge in [0.15, 0.2) is 11.5 Å². The summed E-state index contributed by atoms with van der Waals surface area (Å²) in [4.78, 5) is 11.1. The molecule has 0 aliphatic carbocycles. The summed E-state index contributed by atoms with van der Waals surface area (Å²) in [5.74, 6) is 1.20. The molecule has 18 heavy (non-hydrogen) atoms. The van der Waals surface area contributed by atoms with Crippen LogP contribution in [0.15, 0.2) is 30.9 Å². The van der Waals surface area contributed by atoms with Crippen LogP contribution in [0.2, 0.25) is 0 Å². The van der Waals surface area contributed by atoms with Gasteiger partial charge in [-0.15, -0.1) is 0 Å². The Morgan fingerprint density at radius 2 is 1.94 bits per heavy atom. The van der Waals surface area contributed by atoms with Crippen LogP contribution in [-0.2, 0) is 16.1 Å². The summed E-state index contributed by atoms with van der Waals surface area (Å²) in [6.07, 6.45) is 0.738. The van der Waals surface area contributed by atoms with Crippen LogP contribution in [0.25, 0.3) is 0 Å². The lowest BCUT2D eigenvalue weighted by Crippen LogP contribution is -2.07. The van der Waals surface area contributed by atoms with E-state index in [1.165, 1.54) is 6.08 Å². The van der Waals surface area contributed by atoms with Crippen LogP contribution < -0.4 is 9.47 Å². The Labute approximate surface area is 106 Å². The van der Waals surface area contributed by atoms with Gasteiger partial charge in [-0.2, -0.15) is 0 Å². The van der Waals surface area contributed by atoms with Gasteiger partial charge in [0.2, 0.25) is 0 Å². The van der Waals surface area contributed by atoms with Crippen LogP contribution in [0.4, 0.5) is 4.79 Å². The van der Waals surface area contributed by atoms with Gasteiger partial charge < -0.3 is 18.9 Å². The Hall–Kier alpha value is -2.17. The van der Waals surface area contributed by atoms with Gasteiger partial charge in [0.25, 0.3) is 0 Å². The highest BCUT2D eigenvalue weighted by Crippen LogP contribution is 2.27. The number of carbonyl (C=O) groups excluding carboxylic acids is 1. The van der Waals surface area contributed by atoms with Crippen molar-refractivity contribution in [3.8, 4) is 11.5 Å². The van der Waals surface area contributed by atoms with Crippen molar-refractivity contribution in [2.75, 3.05) is 20.8 Å². The summed E-state index contributed by atoms with van der Waals surface area (Å²) in [6, 6.07) is 5.26. The Morgan fingerprint density at radius 3 is 2.56 bits per heavy atom. The summed E-state index contributed by atoms with van der Waals surface area (Å²) in [5, 5.41) is 0. The second kappa shape index (κ2) is 7.21. The molecule has 0 spiro atoms. The quantitative estimate of drug-likeness (QED) is 0.575. The van der Waals surface area contributed by atoms with Crippen LogP contribution in [0.3, 0.4) is 0 Å². The molecule has 0 radical (unpaired) electrons. The number of methoxy groups -OCH3 is 2. The summed E-state index contributed by atoms with van der Waals surface area (Å²) in [6.45, 7) is 3.67. The molecule has 0 aliphatic rings. The van der Waals surface area contributed by atoms with Gasteiger partial charge in [-0.1, -0.05) is 18.7 Å². The lowest BCUT2D eigenvalue weighted by molar-refractivity contribution is 0.0576. The molecule has 1 rings (SSSR count). The molecule has 0 saturated carbocycles. The molecule has 0 saturated heterocycles. The number of carbonyl (C=O) groups is 1. The van der Waals surface area contributed by atoms with Crippen LogP contribution >= 0.6 is 0 Å². The lowest BCUT2D eigenvalue weighted by atomic mass is 10.2. The monoisotopic (exact) mass is 252 g/mol. The molecule has 0 amide bonds. The average molecular weight is 252 g/mol. The van der Waals surface area contributed by atoms with Gasteiger partial charge in [-0.25, -0.2) is 4.79 Å². The number of hydrogen-bond acceptors (Lipinski definition) is 5. The van der Waals surface area contributed by atoms with E-state index in [1.54, 1.807) is 32.4 Å². The van der Waals surface area contributed by atoms with Crippen molar-refractivity contribution in [3.05, 3.63) is 36.4 Å². The maximum absolute atomic E-state index is 11.1. The topological polar surface area (TPSA) is 54.0 Å². The van der Waals surface area contributed by atoms with E-state index in [1.807, 2.05) is 0 Å². The molecule has 1 aromatic rings. The molecule has 0 heterocycles. The summed E-state index contributed by atoms with van der Waals surface area (Å²) < 4.78 is 19.8. The lowest BCUT2D eigenvalue weighted by Gasteiger charge is -2.09. The molecule has 0 aliphatic heterocycles. The zero-order chi connectivity index (χ0) is 13.4. The van der Waals surface area contributed by atoms with Gasteiger partial charge in [0.1, 0.15) is 13.2 Å². The van der Waals surface area contributed by atoms with Crippen molar-refractivity contribution in [2.24, 2.45) is 0 Å². The highest BCUT2D eigenvalue weighted by molar-refractivity contribution is 5.60. The largest absolute Gasteiger partial charge is 0.508 e. The third-order valence-corrected chi connectivity index (χ3v) is 2.12. The number of rotatable bonds is 6. The molecule has 5 nitrogen and oxygen atoms in total. The van der Waals surface area contributed by atoms with E-state index in [0.29, 0.717) is 11.5 Å². The van der Waals surface area contributed by atoms with Crippen molar-refractivity contribution in [1.82, 2.24) is 0 Å². The number of hydrogen-bond donors (Lipinski definition) is 0. The molecule has 0 bridgehead atoms. The molecule has 5 heteroatoms. The SMILES string of the molecule is C=CCOC(=O)OCc1ccc(OC)c(OC)c1. The molecular weight excluding hydrogens is 236 g/mol. The van der Waals surface area contributed by atoms with Crippen LogP contribution in [0, 0.1) is 0 Å². The predicted octanol–water partition coefficient (Wildman–Crippen LogP) is 2.54. The van der Waals surface area contributed by atoms with Crippen molar-refractivity contribution in [3.63, 3.8) is 0 Å². The Morgan fingerprint density at radius 1 is 1.22 bits per heavy atom. The molecule has 1 aromatic carbocycles. The fourth-order valence-corrected chi connectivity index (χ4v) is 1.28. The minimum atomic E-state index is -0.732. The standard InChI is InChI=1S/C13H16O5/c1-4-7-17-13(14)18-9-10-5-6-11(15-2)12(8-10)16-3/h4-6,8H,1,7,9H2,2-3H3. The number of benzene rings is 1. The van der Waals surface area contributed by atoms with E-state index in [4.69, 9.17) is 14.2 Å². The summed E-state index contributed by atoms with van der Waals surface area (Å²) >= 11 is 0. The fraction of sp³-hybridized carbons (Fsp3) is 0.308. The molecule has 98 valence electrons. The molecule has 0 unspecified atom stereocenters. The predicted molar refractivity (Wildman–Crippen MR) is 65.9 cm³/mol. The molecular formula is C13H16O5. The first kappa shape index (κ1) is 13.9. The average Bonchev–Trinajstić information content (AvgIpc) is 2.42. The zero-order valence-electron chi connectivity index (χ0n) is 10.5. The van der Waals surface area contributed by atoms with Crippen molar-refractivity contribution in [1.29, 1.82) is 0 Å². The Bertz CT molecular complexity index is 414. The third-order valence-electron chi connectivity index (χ3n) is 2.12. The van der Waals surface area contributed by atoms with Crippen molar-refractivity contribution in [2.45, 2.75) is 6.61 Å². The zero-order valence-corrected chi connectivity index (χ0v) is 10.5. The Kier molecular flexibility index (Phi) is 5.57. The third kappa shape index (κ3) is 4.01. The second-order valence-corrected chi connectivity index (χ2v) is 3.33. The first-order valence-corrected chi connectivity index (χ1v) is 5.32. The Balaban J connectivity index is 2.57. The van der Waals surface area contributed by atoms with Crippen molar-refractivity contribution < 1.29 is 23.7 Å². The second-order valence-electron chi connectivity index (χ2n) is 3.33. The van der Waals surface area contributed by atoms with E-state index < -0.39 is 6.16 Å². The van der Waals surface area contributed by atoms with Gasteiger partial charge in [-0.05, 0) is 17.7 Å². The van der Waals surface area contributed by atoms with Gasteiger partial charge >= 0.3 is 6.16 Å². The fourth-order valence-electron chi connectivity index (χ4n) is 1.28. The maximum Gasteiger partial charge on any atom is 0.508 e. The summed E-state index contributed by atoms with van der Waals surface area (Å²) in [5.41, 5.74) is 0.781. The van der Waals surface area contributed by atoms with Crippen LogP contribution in [-0.4, -0.2) is 27.0 Å².